The van der Waals surface area contributed by atoms with Crippen molar-refractivity contribution < 1.29 is 0 Å². The molecule has 0 rings (SSSR count). The maximum Gasteiger partial charge on any atom is 0.0395 e. The smallest absolute Gasteiger partial charge is 0.0395 e. The lowest BCUT2D eigenvalue weighted by Crippen LogP contribution is -2.17. The molecule has 0 spiro atoms. The molecular formula is C7H15NS. The highest BCUT2D eigenvalue weighted by atomic mass is 32.2. The molecule has 0 amide bonds. The van der Waals surface area contributed by atoms with Crippen molar-refractivity contribution in [1.29, 1.82) is 5.41 Å². The van der Waals surface area contributed by atoms with E-state index in [1.54, 1.807) is 11.8 Å². The van der Waals surface area contributed by atoms with Crippen LogP contribution >= 0.6 is 11.8 Å². The van der Waals surface area contributed by atoms with Gasteiger partial charge in [-0.25, -0.2) is 0 Å². The number of rotatable bonds is 3. The standard InChI is InChI=1S/C7H15NS/c1-5(2)7(8)6(3)9-4/h5-6,8H,1-4H3. The van der Waals surface area contributed by atoms with Crippen molar-refractivity contribution in [2.75, 3.05) is 6.26 Å². The largest absolute Gasteiger partial charge is 0.308 e. The number of thioether (sulfide) groups is 1. The van der Waals surface area contributed by atoms with Crippen molar-refractivity contribution in [3.05, 3.63) is 0 Å². The first-order valence-corrected chi connectivity index (χ1v) is 4.49. The highest BCUT2D eigenvalue weighted by Gasteiger charge is 2.09. The topological polar surface area (TPSA) is 23.9 Å². The highest BCUT2D eigenvalue weighted by Crippen LogP contribution is 2.11. The second kappa shape index (κ2) is 3.94. The van der Waals surface area contributed by atoms with Gasteiger partial charge in [-0.1, -0.05) is 13.8 Å². The van der Waals surface area contributed by atoms with Gasteiger partial charge in [-0.05, 0) is 19.1 Å². The molecule has 1 atom stereocenters. The summed E-state index contributed by atoms with van der Waals surface area (Å²) in [6.45, 7) is 6.21. The Morgan fingerprint density at radius 2 is 1.78 bits per heavy atom. The fourth-order valence-corrected chi connectivity index (χ4v) is 1.12. The number of hydrogen-bond acceptors (Lipinski definition) is 2. The molecule has 1 nitrogen and oxygen atoms in total. The van der Waals surface area contributed by atoms with E-state index in [9.17, 15) is 0 Å². The molecule has 0 fully saturated rings. The van der Waals surface area contributed by atoms with Crippen molar-refractivity contribution in [3.63, 3.8) is 0 Å². The van der Waals surface area contributed by atoms with Crippen molar-refractivity contribution in [2.24, 2.45) is 5.92 Å². The van der Waals surface area contributed by atoms with Crippen LogP contribution in [0.3, 0.4) is 0 Å². The Balaban J connectivity index is 3.73. The minimum Gasteiger partial charge on any atom is -0.308 e. The van der Waals surface area contributed by atoms with Gasteiger partial charge in [0.25, 0.3) is 0 Å². The first kappa shape index (κ1) is 9.02. The van der Waals surface area contributed by atoms with E-state index in [0.717, 1.165) is 5.71 Å². The molecule has 54 valence electrons. The van der Waals surface area contributed by atoms with Gasteiger partial charge in [0.05, 0.1) is 0 Å². The Morgan fingerprint density at radius 1 is 1.33 bits per heavy atom. The van der Waals surface area contributed by atoms with Crippen molar-refractivity contribution in [2.45, 2.75) is 26.0 Å². The third-order valence-corrected chi connectivity index (χ3v) is 2.37. The molecule has 0 radical (unpaired) electrons. The molecule has 0 bridgehead atoms. The summed E-state index contributed by atoms with van der Waals surface area (Å²) < 4.78 is 0. The van der Waals surface area contributed by atoms with Gasteiger partial charge in [-0.3, -0.25) is 0 Å². The summed E-state index contributed by atoms with van der Waals surface area (Å²) in [6.07, 6.45) is 2.04. The Kier molecular flexibility index (Phi) is 3.95. The van der Waals surface area contributed by atoms with Crippen LogP contribution < -0.4 is 0 Å². The van der Waals surface area contributed by atoms with E-state index in [-0.39, 0.29) is 0 Å². The quantitative estimate of drug-likeness (QED) is 0.606. The van der Waals surface area contributed by atoms with Gasteiger partial charge in [-0.15, -0.1) is 0 Å². The molecule has 1 unspecified atom stereocenters. The molecule has 2 heteroatoms. The van der Waals surface area contributed by atoms with Crippen LogP contribution in [0.15, 0.2) is 0 Å². The predicted octanol–water partition coefficient (Wildman–Crippen LogP) is 2.41. The zero-order valence-corrected chi connectivity index (χ0v) is 7.38. The minimum absolute atomic E-state index is 0.394. The lowest BCUT2D eigenvalue weighted by Gasteiger charge is -2.12. The van der Waals surface area contributed by atoms with Gasteiger partial charge in [0.15, 0.2) is 0 Å². The molecule has 0 aromatic rings. The summed E-state index contributed by atoms with van der Waals surface area (Å²) in [7, 11) is 0. The fourth-order valence-electron chi connectivity index (χ4n) is 0.596. The molecule has 0 aliphatic heterocycles. The zero-order chi connectivity index (χ0) is 7.44. The summed E-state index contributed by atoms with van der Waals surface area (Å²) in [5.41, 5.74) is 0.850. The zero-order valence-electron chi connectivity index (χ0n) is 6.56. The third kappa shape index (κ3) is 2.89. The van der Waals surface area contributed by atoms with Gasteiger partial charge in [0.2, 0.25) is 0 Å². The van der Waals surface area contributed by atoms with E-state index in [4.69, 9.17) is 5.41 Å². The Morgan fingerprint density at radius 3 is 1.89 bits per heavy atom. The molecule has 0 aromatic carbocycles. The third-order valence-electron chi connectivity index (χ3n) is 1.41. The lowest BCUT2D eigenvalue weighted by molar-refractivity contribution is 0.853. The molecule has 0 saturated heterocycles. The molecule has 0 aliphatic carbocycles. The monoisotopic (exact) mass is 145 g/mol. The first-order valence-electron chi connectivity index (χ1n) is 3.20. The second-order valence-electron chi connectivity index (χ2n) is 2.49. The second-order valence-corrected chi connectivity index (χ2v) is 3.67. The van der Waals surface area contributed by atoms with Crippen LogP contribution in [0.2, 0.25) is 0 Å². The van der Waals surface area contributed by atoms with Crippen molar-refractivity contribution in [1.82, 2.24) is 0 Å². The van der Waals surface area contributed by atoms with Crippen LogP contribution in [-0.2, 0) is 0 Å². The van der Waals surface area contributed by atoms with E-state index in [0.29, 0.717) is 11.2 Å². The van der Waals surface area contributed by atoms with E-state index in [1.165, 1.54) is 0 Å². The van der Waals surface area contributed by atoms with Crippen LogP contribution in [0, 0.1) is 11.3 Å². The van der Waals surface area contributed by atoms with Crippen molar-refractivity contribution >= 4 is 17.5 Å². The van der Waals surface area contributed by atoms with Gasteiger partial charge < -0.3 is 5.41 Å². The van der Waals surface area contributed by atoms with E-state index in [2.05, 4.69) is 20.8 Å². The van der Waals surface area contributed by atoms with Crippen LogP contribution in [0.4, 0.5) is 0 Å². The maximum atomic E-state index is 7.53. The Labute approximate surface area is 61.7 Å². The minimum atomic E-state index is 0.394. The summed E-state index contributed by atoms with van der Waals surface area (Å²) in [5.74, 6) is 0.410. The van der Waals surface area contributed by atoms with Crippen LogP contribution in [-0.4, -0.2) is 17.2 Å². The first-order chi connectivity index (χ1) is 4.09. The summed E-state index contributed by atoms with van der Waals surface area (Å²) in [5, 5.41) is 7.92. The maximum absolute atomic E-state index is 7.53. The summed E-state index contributed by atoms with van der Waals surface area (Å²) in [4.78, 5) is 0. The van der Waals surface area contributed by atoms with Gasteiger partial charge in [0, 0.05) is 11.0 Å². The normalized spacial score (nSPS) is 13.9. The van der Waals surface area contributed by atoms with E-state index >= 15 is 0 Å². The molecule has 0 saturated carbocycles. The van der Waals surface area contributed by atoms with E-state index < -0.39 is 0 Å². The average molecular weight is 145 g/mol. The predicted molar refractivity (Wildman–Crippen MR) is 45.5 cm³/mol. The molecule has 0 aromatic heterocycles. The van der Waals surface area contributed by atoms with E-state index in [1.807, 2.05) is 6.26 Å². The highest BCUT2D eigenvalue weighted by molar-refractivity contribution is 7.99. The lowest BCUT2D eigenvalue weighted by atomic mass is 10.1. The van der Waals surface area contributed by atoms with Crippen LogP contribution in [0.25, 0.3) is 0 Å². The fraction of sp³-hybridized carbons (Fsp3) is 0.857. The molecule has 1 N–H and O–H groups in total. The van der Waals surface area contributed by atoms with Crippen molar-refractivity contribution in [3.8, 4) is 0 Å². The van der Waals surface area contributed by atoms with Gasteiger partial charge in [0.1, 0.15) is 0 Å². The molecule has 0 heterocycles. The van der Waals surface area contributed by atoms with Gasteiger partial charge in [-0.2, -0.15) is 11.8 Å². The van der Waals surface area contributed by atoms with Crippen LogP contribution in [0.1, 0.15) is 20.8 Å². The van der Waals surface area contributed by atoms with Crippen LogP contribution in [0.5, 0.6) is 0 Å². The molecule has 0 aliphatic rings. The Bertz CT molecular complexity index is 99.1. The van der Waals surface area contributed by atoms with Gasteiger partial charge >= 0.3 is 0 Å². The Hall–Kier alpha value is 0.0200. The molecule has 9 heavy (non-hydrogen) atoms. The number of nitrogens with one attached hydrogen (secondary N) is 1. The SMILES string of the molecule is CSC(C)C(=N)C(C)C. The molecular weight excluding hydrogens is 130 g/mol. The summed E-state index contributed by atoms with van der Waals surface area (Å²) in [6, 6.07) is 0. The number of hydrogen-bond donors (Lipinski definition) is 1. The summed E-state index contributed by atoms with van der Waals surface area (Å²) >= 11 is 1.74. The average Bonchev–Trinajstić information content (AvgIpc) is 1.84.